The van der Waals surface area contributed by atoms with E-state index in [2.05, 4.69) is 33.1 Å². The summed E-state index contributed by atoms with van der Waals surface area (Å²) in [6, 6.07) is 10.2. The van der Waals surface area contributed by atoms with Crippen LogP contribution in [0.1, 0.15) is 12.0 Å². The summed E-state index contributed by atoms with van der Waals surface area (Å²) in [5.74, 6) is 0. The van der Waals surface area contributed by atoms with Gasteiger partial charge in [0.2, 0.25) is 0 Å². The predicted molar refractivity (Wildman–Crippen MR) is 57.3 cm³/mol. The summed E-state index contributed by atoms with van der Waals surface area (Å²) < 4.78 is 0. The van der Waals surface area contributed by atoms with Gasteiger partial charge in [0.25, 0.3) is 0 Å². The number of hydrogen-bond donors (Lipinski definition) is 0. The molecule has 0 saturated carbocycles. The van der Waals surface area contributed by atoms with Gasteiger partial charge in [0, 0.05) is 18.1 Å². The topological polar surface area (TPSA) is 12.4 Å². The minimum atomic E-state index is 0.903. The Balaban J connectivity index is 2.36. The summed E-state index contributed by atoms with van der Waals surface area (Å²) in [4.78, 5) is 4.28. The molecule has 1 aromatic carbocycles. The van der Waals surface area contributed by atoms with Crippen LogP contribution in [0.25, 0.3) is 0 Å². The lowest BCUT2D eigenvalue weighted by Crippen LogP contribution is -1.84. The molecule has 0 radical (unpaired) electrons. The minimum absolute atomic E-state index is 0.903. The van der Waals surface area contributed by atoms with Crippen molar-refractivity contribution in [3.8, 4) is 0 Å². The van der Waals surface area contributed by atoms with Crippen LogP contribution < -0.4 is 0 Å². The third-order valence-electron chi connectivity index (χ3n) is 1.46. The Morgan fingerprint density at radius 1 is 1.25 bits per heavy atom. The maximum absolute atomic E-state index is 4.28. The normalized spacial score (nSPS) is 10.8. The molecule has 2 heteroatoms. The van der Waals surface area contributed by atoms with Crippen molar-refractivity contribution >= 4 is 22.1 Å². The number of halogens is 1. The lowest BCUT2D eigenvalue weighted by Gasteiger charge is -1.90. The Labute approximate surface area is 81.7 Å². The molecule has 1 aromatic rings. The van der Waals surface area contributed by atoms with Gasteiger partial charge in [0.1, 0.15) is 0 Å². The second-order valence-electron chi connectivity index (χ2n) is 2.49. The van der Waals surface area contributed by atoms with Crippen molar-refractivity contribution in [2.45, 2.75) is 6.42 Å². The molecule has 0 atom stereocenters. The maximum Gasteiger partial charge on any atom is 0.0397 e. The standard InChI is InChI=1S/C10H12BrN/c11-7-4-8-12-9-10-5-2-1-3-6-10/h1-3,5-6,9H,4,7-8H2. The van der Waals surface area contributed by atoms with E-state index in [4.69, 9.17) is 0 Å². The van der Waals surface area contributed by atoms with Crippen LogP contribution in [-0.2, 0) is 0 Å². The summed E-state index contributed by atoms with van der Waals surface area (Å²) in [7, 11) is 0. The van der Waals surface area contributed by atoms with E-state index in [1.807, 2.05) is 24.4 Å². The molecular weight excluding hydrogens is 214 g/mol. The quantitative estimate of drug-likeness (QED) is 0.425. The van der Waals surface area contributed by atoms with E-state index in [9.17, 15) is 0 Å². The van der Waals surface area contributed by atoms with E-state index >= 15 is 0 Å². The van der Waals surface area contributed by atoms with Gasteiger partial charge in [-0.1, -0.05) is 46.3 Å². The highest BCUT2D eigenvalue weighted by Crippen LogP contribution is 1.94. The smallest absolute Gasteiger partial charge is 0.0397 e. The Bertz CT molecular complexity index is 231. The third-order valence-corrected chi connectivity index (χ3v) is 2.02. The van der Waals surface area contributed by atoms with Crippen molar-refractivity contribution in [2.24, 2.45) is 4.99 Å². The SMILES string of the molecule is BrCCCN=Cc1ccccc1. The molecule has 64 valence electrons. The van der Waals surface area contributed by atoms with Crippen molar-refractivity contribution in [2.75, 3.05) is 11.9 Å². The molecule has 0 heterocycles. The predicted octanol–water partition coefficient (Wildman–Crippen LogP) is 2.89. The van der Waals surface area contributed by atoms with Crippen molar-refractivity contribution in [3.63, 3.8) is 0 Å². The third kappa shape index (κ3) is 3.67. The first kappa shape index (κ1) is 9.46. The van der Waals surface area contributed by atoms with Gasteiger partial charge in [-0.3, -0.25) is 4.99 Å². The van der Waals surface area contributed by atoms with E-state index in [0.29, 0.717) is 0 Å². The van der Waals surface area contributed by atoms with E-state index < -0.39 is 0 Å². The highest BCUT2D eigenvalue weighted by atomic mass is 79.9. The first-order valence-electron chi connectivity index (χ1n) is 4.04. The van der Waals surface area contributed by atoms with Crippen molar-refractivity contribution < 1.29 is 0 Å². The number of hydrogen-bond acceptors (Lipinski definition) is 1. The first-order valence-corrected chi connectivity index (χ1v) is 5.16. The number of aliphatic imine (C=N–C) groups is 1. The van der Waals surface area contributed by atoms with Gasteiger partial charge in [0.05, 0.1) is 0 Å². The monoisotopic (exact) mass is 225 g/mol. The van der Waals surface area contributed by atoms with Gasteiger partial charge in [-0.25, -0.2) is 0 Å². The molecule has 0 aliphatic heterocycles. The molecule has 0 aromatic heterocycles. The van der Waals surface area contributed by atoms with E-state index in [0.717, 1.165) is 18.3 Å². The Hall–Kier alpha value is -0.630. The largest absolute Gasteiger partial charge is 0.293 e. The second kappa shape index (κ2) is 5.95. The molecule has 0 fully saturated rings. The highest BCUT2D eigenvalue weighted by molar-refractivity contribution is 9.09. The zero-order valence-electron chi connectivity index (χ0n) is 6.91. The highest BCUT2D eigenvalue weighted by Gasteiger charge is 1.83. The van der Waals surface area contributed by atoms with E-state index in [1.165, 1.54) is 5.56 Å². The van der Waals surface area contributed by atoms with Crippen LogP contribution in [0.15, 0.2) is 35.3 Å². The number of rotatable bonds is 4. The fourth-order valence-corrected chi connectivity index (χ4v) is 1.11. The molecule has 1 nitrogen and oxygen atoms in total. The lowest BCUT2D eigenvalue weighted by molar-refractivity contribution is 0.954. The molecule has 0 N–H and O–H groups in total. The van der Waals surface area contributed by atoms with Crippen LogP contribution in [0.4, 0.5) is 0 Å². The molecule has 0 aliphatic rings. The molecule has 0 amide bonds. The molecule has 12 heavy (non-hydrogen) atoms. The maximum atomic E-state index is 4.28. The number of nitrogens with zero attached hydrogens (tertiary/aromatic N) is 1. The van der Waals surface area contributed by atoms with E-state index in [1.54, 1.807) is 0 Å². The Morgan fingerprint density at radius 3 is 2.67 bits per heavy atom. The zero-order chi connectivity index (χ0) is 8.65. The molecule has 1 rings (SSSR count). The van der Waals surface area contributed by atoms with Gasteiger partial charge in [-0.2, -0.15) is 0 Å². The van der Waals surface area contributed by atoms with Crippen LogP contribution in [0.3, 0.4) is 0 Å². The van der Waals surface area contributed by atoms with Crippen molar-refractivity contribution in [1.82, 2.24) is 0 Å². The fourth-order valence-electron chi connectivity index (χ4n) is 0.860. The molecular formula is C10H12BrN. The summed E-state index contributed by atoms with van der Waals surface area (Å²) in [5.41, 5.74) is 1.17. The van der Waals surface area contributed by atoms with Gasteiger partial charge in [0.15, 0.2) is 0 Å². The summed E-state index contributed by atoms with van der Waals surface area (Å²) in [5, 5.41) is 1.03. The van der Waals surface area contributed by atoms with Crippen LogP contribution >= 0.6 is 15.9 Å². The Kier molecular flexibility index (Phi) is 4.69. The van der Waals surface area contributed by atoms with Crippen molar-refractivity contribution in [1.29, 1.82) is 0 Å². The van der Waals surface area contributed by atoms with Gasteiger partial charge in [-0.05, 0) is 12.0 Å². The van der Waals surface area contributed by atoms with Gasteiger partial charge < -0.3 is 0 Å². The molecule has 0 bridgehead atoms. The summed E-state index contributed by atoms with van der Waals surface area (Å²) in [6.07, 6.45) is 3.02. The minimum Gasteiger partial charge on any atom is -0.293 e. The van der Waals surface area contributed by atoms with Crippen LogP contribution in [-0.4, -0.2) is 18.1 Å². The Morgan fingerprint density at radius 2 is 2.00 bits per heavy atom. The molecule has 0 aliphatic carbocycles. The average molecular weight is 226 g/mol. The van der Waals surface area contributed by atoms with Crippen LogP contribution in [0.2, 0.25) is 0 Å². The number of benzene rings is 1. The fraction of sp³-hybridized carbons (Fsp3) is 0.300. The molecule has 0 saturated heterocycles. The summed E-state index contributed by atoms with van der Waals surface area (Å²) in [6.45, 7) is 0.903. The average Bonchev–Trinajstić information content (AvgIpc) is 2.14. The second-order valence-corrected chi connectivity index (χ2v) is 3.28. The van der Waals surface area contributed by atoms with Crippen LogP contribution in [0.5, 0.6) is 0 Å². The lowest BCUT2D eigenvalue weighted by atomic mass is 10.2. The zero-order valence-corrected chi connectivity index (χ0v) is 8.50. The van der Waals surface area contributed by atoms with Gasteiger partial charge in [-0.15, -0.1) is 0 Å². The van der Waals surface area contributed by atoms with E-state index in [-0.39, 0.29) is 0 Å². The number of alkyl halides is 1. The summed E-state index contributed by atoms with van der Waals surface area (Å²) >= 11 is 3.36. The van der Waals surface area contributed by atoms with Crippen LogP contribution in [0, 0.1) is 0 Å². The molecule has 0 unspecified atom stereocenters. The van der Waals surface area contributed by atoms with Gasteiger partial charge >= 0.3 is 0 Å². The molecule has 0 spiro atoms. The first-order chi connectivity index (χ1) is 5.93. The van der Waals surface area contributed by atoms with Crippen molar-refractivity contribution in [3.05, 3.63) is 35.9 Å².